The largest absolute Gasteiger partial charge is 0.456 e. The molecule has 4 heteroatoms. The summed E-state index contributed by atoms with van der Waals surface area (Å²) in [7, 11) is 0. The van der Waals surface area contributed by atoms with Gasteiger partial charge in [0.1, 0.15) is 11.5 Å². The summed E-state index contributed by atoms with van der Waals surface area (Å²) in [5, 5.41) is 1.86. The van der Waals surface area contributed by atoms with Gasteiger partial charge in [0.25, 0.3) is 6.43 Å². The summed E-state index contributed by atoms with van der Waals surface area (Å²) in [6.45, 7) is 0. The summed E-state index contributed by atoms with van der Waals surface area (Å²) in [5.41, 5.74) is 5.64. The van der Waals surface area contributed by atoms with Crippen molar-refractivity contribution in [1.82, 2.24) is 0 Å². The van der Waals surface area contributed by atoms with E-state index in [4.69, 9.17) is 10.5 Å². The van der Waals surface area contributed by atoms with Gasteiger partial charge < -0.3 is 10.5 Å². The highest BCUT2D eigenvalue weighted by Gasteiger charge is 2.15. The van der Waals surface area contributed by atoms with Crippen LogP contribution in [0, 0.1) is 0 Å². The zero-order valence-electron chi connectivity index (χ0n) is 11.1. The fraction of sp³-hybridized carbons (Fsp3) is 0.0588. The minimum absolute atomic E-state index is 0.121. The Kier molecular flexibility index (Phi) is 3.44. The van der Waals surface area contributed by atoms with Crippen LogP contribution in [0.3, 0.4) is 0 Å². The maximum atomic E-state index is 13.1. The van der Waals surface area contributed by atoms with Crippen molar-refractivity contribution in [1.29, 1.82) is 0 Å². The standard InChI is InChI=1S/C17H13F2NO/c18-17(19)14-10-12(20)8-9-16(14)21-15-7-3-5-11-4-1-2-6-13(11)15/h1-10,17H,20H2. The molecule has 3 aromatic carbocycles. The van der Waals surface area contributed by atoms with Crippen molar-refractivity contribution >= 4 is 16.5 Å². The van der Waals surface area contributed by atoms with Gasteiger partial charge in [-0.25, -0.2) is 8.78 Å². The molecule has 106 valence electrons. The lowest BCUT2D eigenvalue weighted by Crippen LogP contribution is -1.95. The highest BCUT2D eigenvalue weighted by Crippen LogP contribution is 2.36. The number of alkyl halides is 2. The first-order chi connectivity index (χ1) is 10.1. The third-order valence-corrected chi connectivity index (χ3v) is 3.24. The SMILES string of the molecule is Nc1ccc(Oc2cccc3ccccc23)c(C(F)F)c1. The normalized spacial score (nSPS) is 11.0. The number of halogens is 2. The van der Waals surface area contributed by atoms with Crippen LogP contribution in [0.25, 0.3) is 10.8 Å². The van der Waals surface area contributed by atoms with Crippen LogP contribution >= 0.6 is 0 Å². The quantitative estimate of drug-likeness (QED) is 0.675. The van der Waals surface area contributed by atoms with Crippen molar-refractivity contribution in [3.05, 3.63) is 66.2 Å². The van der Waals surface area contributed by atoms with E-state index in [2.05, 4.69) is 0 Å². The summed E-state index contributed by atoms with van der Waals surface area (Å²) >= 11 is 0. The molecule has 0 aliphatic carbocycles. The van der Waals surface area contributed by atoms with Crippen molar-refractivity contribution in [3.63, 3.8) is 0 Å². The van der Waals surface area contributed by atoms with E-state index >= 15 is 0 Å². The van der Waals surface area contributed by atoms with Gasteiger partial charge in [-0.3, -0.25) is 0 Å². The fourth-order valence-electron chi connectivity index (χ4n) is 2.23. The lowest BCUT2D eigenvalue weighted by Gasteiger charge is -2.13. The minimum Gasteiger partial charge on any atom is -0.456 e. The van der Waals surface area contributed by atoms with E-state index in [0.717, 1.165) is 10.8 Å². The zero-order chi connectivity index (χ0) is 14.8. The molecular weight excluding hydrogens is 272 g/mol. The molecule has 0 unspecified atom stereocenters. The molecule has 0 aromatic heterocycles. The fourth-order valence-corrected chi connectivity index (χ4v) is 2.23. The van der Waals surface area contributed by atoms with Crippen LogP contribution in [0.15, 0.2) is 60.7 Å². The Bertz CT molecular complexity index is 781. The molecule has 21 heavy (non-hydrogen) atoms. The number of benzene rings is 3. The predicted molar refractivity (Wildman–Crippen MR) is 79.8 cm³/mol. The molecule has 0 radical (unpaired) electrons. The lowest BCUT2D eigenvalue weighted by molar-refractivity contribution is 0.148. The van der Waals surface area contributed by atoms with Gasteiger partial charge in [0.05, 0.1) is 5.56 Å². The third kappa shape index (κ3) is 2.65. The summed E-state index contributed by atoms with van der Waals surface area (Å²) in [6.07, 6.45) is -2.64. The predicted octanol–water partition coefficient (Wildman–Crippen LogP) is 5.15. The van der Waals surface area contributed by atoms with Crippen LogP contribution < -0.4 is 10.5 Å². The molecule has 0 amide bonds. The van der Waals surface area contributed by atoms with E-state index in [9.17, 15) is 8.78 Å². The smallest absolute Gasteiger partial charge is 0.267 e. The summed E-state index contributed by atoms with van der Waals surface area (Å²) in [5.74, 6) is 0.662. The number of hydrogen-bond acceptors (Lipinski definition) is 2. The number of ether oxygens (including phenoxy) is 1. The maximum absolute atomic E-state index is 13.1. The van der Waals surface area contributed by atoms with Crippen molar-refractivity contribution in [2.75, 3.05) is 5.73 Å². The molecule has 0 fully saturated rings. The third-order valence-electron chi connectivity index (χ3n) is 3.24. The first-order valence-electron chi connectivity index (χ1n) is 6.48. The molecule has 3 rings (SSSR count). The Balaban J connectivity index is 2.07. The molecule has 0 saturated heterocycles. The molecule has 0 atom stereocenters. The highest BCUT2D eigenvalue weighted by atomic mass is 19.3. The second-order valence-corrected chi connectivity index (χ2v) is 4.68. The Morgan fingerprint density at radius 1 is 0.857 bits per heavy atom. The van der Waals surface area contributed by atoms with Crippen LogP contribution in [0.1, 0.15) is 12.0 Å². The highest BCUT2D eigenvalue weighted by molar-refractivity contribution is 5.88. The van der Waals surface area contributed by atoms with Gasteiger partial charge >= 0.3 is 0 Å². The summed E-state index contributed by atoms with van der Waals surface area (Å²) in [4.78, 5) is 0. The first-order valence-corrected chi connectivity index (χ1v) is 6.48. The van der Waals surface area contributed by atoms with E-state index in [1.165, 1.54) is 12.1 Å². The second-order valence-electron chi connectivity index (χ2n) is 4.68. The molecule has 0 aliphatic rings. The average molecular weight is 285 g/mol. The number of anilines is 1. The van der Waals surface area contributed by atoms with E-state index in [1.807, 2.05) is 36.4 Å². The van der Waals surface area contributed by atoms with Crippen molar-refractivity contribution in [2.45, 2.75) is 6.43 Å². The Morgan fingerprint density at radius 2 is 1.62 bits per heavy atom. The summed E-state index contributed by atoms with van der Waals surface area (Å²) in [6, 6.07) is 17.4. The van der Waals surface area contributed by atoms with Gasteiger partial charge in [0.15, 0.2) is 0 Å². The maximum Gasteiger partial charge on any atom is 0.267 e. The number of hydrogen-bond donors (Lipinski definition) is 1. The number of fused-ring (bicyclic) bond motifs is 1. The van der Waals surface area contributed by atoms with Crippen molar-refractivity contribution in [3.8, 4) is 11.5 Å². The molecule has 0 aliphatic heterocycles. The monoisotopic (exact) mass is 285 g/mol. The van der Waals surface area contributed by atoms with Gasteiger partial charge in [-0.2, -0.15) is 0 Å². The van der Waals surface area contributed by atoms with Crippen molar-refractivity contribution < 1.29 is 13.5 Å². The van der Waals surface area contributed by atoms with E-state index < -0.39 is 6.43 Å². The topological polar surface area (TPSA) is 35.2 Å². The second kappa shape index (κ2) is 5.40. The van der Waals surface area contributed by atoms with E-state index in [1.54, 1.807) is 12.1 Å². The Labute approximate surface area is 120 Å². The molecular formula is C17H13F2NO. The van der Waals surface area contributed by atoms with Crippen LogP contribution in [-0.4, -0.2) is 0 Å². The van der Waals surface area contributed by atoms with Crippen LogP contribution in [-0.2, 0) is 0 Å². The molecule has 2 nitrogen and oxygen atoms in total. The minimum atomic E-state index is -2.64. The number of nitrogen functional groups attached to an aromatic ring is 1. The average Bonchev–Trinajstić information content (AvgIpc) is 2.49. The van der Waals surface area contributed by atoms with Gasteiger partial charge in [-0.15, -0.1) is 0 Å². The number of rotatable bonds is 3. The molecule has 0 bridgehead atoms. The Hall–Kier alpha value is -2.62. The lowest BCUT2D eigenvalue weighted by atomic mass is 10.1. The van der Waals surface area contributed by atoms with Crippen molar-refractivity contribution in [2.24, 2.45) is 0 Å². The van der Waals surface area contributed by atoms with E-state index in [-0.39, 0.29) is 17.0 Å². The molecule has 3 aromatic rings. The molecule has 0 heterocycles. The van der Waals surface area contributed by atoms with Crippen LogP contribution in [0.4, 0.5) is 14.5 Å². The van der Waals surface area contributed by atoms with Crippen LogP contribution in [0.2, 0.25) is 0 Å². The molecule has 2 N–H and O–H groups in total. The number of nitrogens with two attached hydrogens (primary N) is 1. The molecule has 0 spiro atoms. The molecule has 0 saturated carbocycles. The zero-order valence-corrected chi connectivity index (χ0v) is 11.1. The van der Waals surface area contributed by atoms with Gasteiger partial charge in [-0.1, -0.05) is 36.4 Å². The Morgan fingerprint density at radius 3 is 2.43 bits per heavy atom. The summed E-state index contributed by atoms with van der Waals surface area (Å²) < 4.78 is 31.9. The van der Waals surface area contributed by atoms with Gasteiger partial charge in [0.2, 0.25) is 0 Å². The van der Waals surface area contributed by atoms with Crippen LogP contribution in [0.5, 0.6) is 11.5 Å². The van der Waals surface area contributed by atoms with Gasteiger partial charge in [0, 0.05) is 11.1 Å². The first kappa shape index (κ1) is 13.4. The van der Waals surface area contributed by atoms with Gasteiger partial charge in [-0.05, 0) is 29.7 Å². The van der Waals surface area contributed by atoms with E-state index in [0.29, 0.717) is 5.75 Å².